The number of thiocarbonyl (C=S) groups is 1. The SMILES string of the molecule is COc1cc(/C=C2/SC(=S)N(c3cccc(F)c3)C2=O)ccc1OCc1ccccc1[N+](=O)[O-]. The molecule has 0 atom stereocenters. The predicted octanol–water partition coefficient (Wildman–Crippen LogP) is 5.73. The number of hydrogen-bond donors (Lipinski definition) is 0. The highest BCUT2D eigenvalue weighted by atomic mass is 32.2. The Kier molecular flexibility index (Phi) is 6.90. The molecule has 34 heavy (non-hydrogen) atoms. The van der Waals surface area contributed by atoms with Crippen LogP contribution in [0.4, 0.5) is 15.8 Å². The zero-order valence-electron chi connectivity index (χ0n) is 17.8. The van der Waals surface area contributed by atoms with Crippen LogP contribution in [-0.2, 0) is 11.4 Å². The Labute approximate surface area is 203 Å². The highest BCUT2D eigenvalue weighted by Crippen LogP contribution is 2.37. The lowest BCUT2D eigenvalue weighted by molar-refractivity contribution is -0.385. The fraction of sp³-hybridized carbons (Fsp3) is 0.0833. The zero-order valence-corrected chi connectivity index (χ0v) is 19.4. The standard InChI is InChI=1S/C24H17FN2O5S2/c1-31-21-11-15(9-10-20(21)32-14-16-5-2-3-8-19(16)27(29)30)12-22-23(28)26(24(33)34-22)18-7-4-6-17(25)13-18/h2-13H,14H2,1H3/b22-12+. The normalized spacial score (nSPS) is 14.5. The third-order valence-electron chi connectivity index (χ3n) is 4.92. The van der Waals surface area contributed by atoms with Gasteiger partial charge in [-0.1, -0.05) is 48.2 Å². The molecule has 0 radical (unpaired) electrons. The second-order valence-corrected chi connectivity index (χ2v) is 8.76. The van der Waals surface area contributed by atoms with E-state index in [0.717, 1.165) is 11.8 Å². The van der Waals surface area contributed by atoms with Gasteiger partial charge in [-0.3, -0.25) is 19.8 Å². The number of amides is 1. The van der Waals surface area contributed by atoms with Gasteiger partial charge in [0, 0.05) is 6.07 Å². The first kappa shape index (κ1) is 23.4. The molecule has 1 aliphatic heterocycles. The molecule has 1 amide bonds. The Morgan fingerprint density at radius 1 is 1.12 bits per heavy atom. The maximum absolute atomic E-state index is 13.6. The number of carbonyl (C=O) groups excluding carboxylic acids is 1. The number of anilines is 1. The molecule has 1 fully saturated rings. The lowest BCUT2D eigenvalue weighted by Gasteiger charge is -2.14. The molecule has 3 aromatic rings. The lowest BCUT2D eigenvalue weighted by atomic mass is 10.1. The van der Waals surface area contributed by atoms with E-state index in [-0.39, 0.29) is 18.2 Å². The van der Waals surface area contributed by atoms with Crippen LogP contribution < -0.4 is 14.4 Å². The largest absolute Gasteiger partial charge is 0.493 e. The first-order valence-electron chi connectivity index (χ1n) is 9.94. The monoisotopic (exact) mass is 496 g/mol. The Bertz CT molecular complexity index is 1330. The number of rotatable bonds is 7. The zero-order chi connectivity index (χ0) is 24.2. The highest BCUT2D eigenvalue weighted by molar-refractivity contribution is 8.27. The van der Waals surface area contributed by atoms with Gasteiger partial charge in [0.1, 0.15) is 12.4 Å². The van der Waals surface area contributed by atoms with Crippen molar-refractivity contribution in [2.24, 2.45) is 0 Å². The van der Waals surface area contributed by atoms with Gasteiger partial charge in [0.05, 0.1) is 28.2 Å². The molecular weight excluding hydrogens is 479 g/mol. The second kappa shape index (κ2) is 10.0. The van der Waals surface area contributed by atoms with Gasteiger partial charge in [0.25, 0.3) is 11.6 Å². The van der Waals surface area contributed by atoms with Crippen LogP contribution in [0.25, 0.3) is 6.08 Å². The van der Waals surface area contributed by atoms with Crippen LogP contribution in [0, 0.1) is 15.9 Å². The van der Waals surface area contributed by atoms with Gasteiger partial charge in [-0.2, -0.15) is 0 Å². The van der Waals surface area contributed by atoms with Gasteiger partial charge >= 0.3 is 0 Å². The minimum Gasteiger partial charge on any atom is -0.493 e. The van der Waals surface area contributed by atoms with Gasteiger partial charge in [0.2, 0.25) is 0 Å². The number of nitro benzene ring substituents is 1. The Morgan fingerprint density at radius 2 is 1.91 bits per heavy atom. The number of nitro groups is 1. The molecule has 3 aromatic carbocycles. The molecule has 0 saturated carbocycles. The van der Waals surface area contributed by atoms with Gasteiger partial charge in [-0.25, -0.2) is 4.39 Å². The summed E-state index contributed by atoms with van der Waals surface area (Å²) in [6.07, 6.45) is 1.66. The first-order valence-corrected chi connectivity index (χ1v) is 11.2. The summed E-state index contributed by atoms with van der Waals surface area (Å²) < 4.78 is 25.1. The fourth-order valence-corrected chi connectivity index (χ4v) is 4.62. The molecule has 0 aromatic heterocycles. The molecule has 1 heterocycles. The first-order chi connectivity index (χ1) is 16.4. The fourth-order valence-electron chi connectivity index (χ4n) is 3.32. The molecule has 0 bridgehead atoms. The van der Waals surface area contributed by atoms with E-state index in [0.29, 0.717) is 37.5 Å². The van der Waals surface area contributed by atoms with Crippen LogP contribution in [-0.4, -0.2) is 22.3 Å². The third kappa shape index (κ3) is 4.92. The van der Waals surface area contributed by atoms with Crippen molar-refractivity contribution in [1.29, 1.82) is 0 Å². The van der Waals surface area contributed by atoms with Crippen molar-refractivity contribution < 1.29 is 23.6 Å². The van der Waals surface area contributed by atoms with E-state index in [1.165, 1.54) is 36.3 Å². The third-order valence-corrected chi connectivity index (χ3v) is 6.22. The Balaban J connectivity index is 1.54. The quantitative estimate of drug-likeness (QED) is 0.179. The number of benzene rings is 3. The molecule has 1 saturated heterocycles. The van der Waals surface area contributed by atoms with Crippen molar-refractivity contribution in [1.82, 2.24) is 0 Å². The van der Waals surface area contributed by atoms with Crippen LogP contribution in [0.5, 0.6) is 11.5 Å². The van der Waals surface area contributed by atoms with E-state index in [2.05, 4.69) is 0 Å². The number of hydrogen-bond acceptors (Lipinski definition) is 7. The topological polar surface area (TPSA) is 81.9 Å². The van der Waals surface area contributed by atoms with E-state index >= 15 is 0 Å². The van der Waals surface area contributed by atoms with Gasteiger partial charge in [-0.15, -0.1) is 0 Å². The van der Waals surface area contributed by atoms with Crippen molar-refractivity contribution in [3.05, 3.63) is 98.7 Å². The van der Waals surface area contributed by atoms with Crippen LogP contribution in [0.15, 0.2) is 71.6 Å². The molecule has 1 aliphatic rings. The van der Waals surface area contributed by atoms with E-state index < -0.39 is 10.7 Å². The van der Waals surface area contributed by atoms with E-state index in [9.17, 15) is 19.3 Å². The average Bonchev–Trinajstić information content (AvgIpc) is 3.10. The predicted molar refractivity (Wildman–Crippen MR) is 132 cm³/mol. The summed E-state index contributed by atoms with van der Waals surface area (Å²) in [5.74, 6) is -0.0222. The van der Waals surface area contributed by atoms with E-state index in [4.69, 9.17) is 21.7 Å². The highest BCUT2D eigenvalue weighted by Gasteiger charge is 2.33. The summed E-state index contributed by atoms with van der Waals surface area (Å²) in [5.41, 5.74) is 1.43. The maximum atomic E-state index is 13.6. The summed E-state index contributed by atoms with van der Waals surface area (Å²) >= 11 is 6.44. The number of nitrogens with zero attached hydrogens (tertiary/aromatic N) is 2. The summed E-state index contributed by atoms with van der Waals surface area (Å²) in [5, 5.41) is 11.2. The van der Waals surface area contributed by atoms with E-state index in [1.54, 1.807) is 48.5 Å². The van der Waals surface area contributed by atoms with Crippen LogP contribution in [0.3, 0.4) is 0 Å². The van der Waals surface area contributed by atoms with Crippen molar-refractivity contribution >= 4 is 51.7 Å². The van der Waals surface area contributed by atoms with Crippen LogP contribution >= 0.6 is 24.0 Å². The summed E-state index contributed by atoms with van der Waals surface area (Å²) in [6, 6.07) is 17.1. The van der Waals surface area contributed by atoms with Crippen molar-refractivity contribution in [3.8, 4) is 11.5 Å². The number of carbonyl (C=O) groups is 1. The summed E-state index contributed by atoms with van der Waals surface area (Å²) in [7, 11) is 1.47. The van der Waals surface area contributed by atoms with Crippen molar-refractivity contribution in [2.75, 3.05) is 12.0 Å². The molecule has 172 valence electrons. The lowest BCUT2D eigenvalue weighted by Crippen LogP contribution is -2.27. The van der Waals surface area contributed by atoms with Gasteiger partial charge in [-0.05, 0) is 48.0 Å². The Morgan fingerprint density at radius 3 is 2.65 bits per heavy atom. The molecular formula is C24H17FN2O5S2. The van der Waals surface area contributed by atoms with Crippen LogP contribution in [0.1, 0.15) is 11.1 Å². The minimum absolute atomic E-state index is 0.0147. The Hall–Kier alpha value is -3.76. The van der Waals surface area contributed by atoms with Crippen LogP contribution in [0.2, 0.25) is 0 Å². The molecule has 7 nitrogen and oxygen atoms in total. The van der Waals surface area contributed by atoms with E-state index in [1.807, 2.05) is 0 Å². The molecule has 0 spiro atoms. The smallest absolute Gasteiger partial charge is 0.276 e. The molecule has 10 heteroatoms. The maximum Gasteiger partial charge on any atom is 0.276 e. The molecule has 0 unspecified atom stereocenters. The number of para-hydroxylation sites is 1. The minimum atomic E-state index is -0.461. The number of thioether (sulfide) groups is 1. The molecule has 4 rings (SSSR count). The average molecular weight is 497 g/mol. The van der Waals surface area contributed by atoms with Crippen molar-refractivity contribution in [2.45, 2.75) is 6.61 Å². The molecule has 0 aliphatic carbocycles. The molecule has 0 N–H and O–H groups in total. The van der Waals surface area contributed by atoms with Gasteiger partial charge in [0.15, 0.2) is 15.8 Å². The van der Waals surface area contributed by atoms with Crippen molar-refractivity contribution in [3.63, 3.8) is 0 Å². The van der Waals surface area contributed by atoms with Gasteiger partial charge < -0.3 is 9.47 Å². The summed E-state index contributed by atoms with van der Waals surface area (Å²) in [4.78, 5) is 25.3. The second-order valence-electron chi connectivity index (χ2n) is 7.08. The number of halogens is 1. The number of methoxy groups -OCH3 is 1. The summed E-state index contributed by atoms with van der Waals surface area (Å²) in [6.45, 7) is -0.0147. The number of ether oxygens (including phenoxy) is 2.